The van der Waals surface area contributed by atoms with E-state index in [1.54, 1.807) is 12.1 Å². The molecule has 0 N–H and O–H groups in total. The van der Waals surface area contributed by atoms with Crippen molar-refractivity contribution in [1.29, 1.82) is 0 Å². The van der Waals surface area contributed by atoms with E-state index in [2.05, 4.69) is 0 Å². The molecule has 2 heteroatoms. The Hall–Kier alpha value is -1.96. The topological polar surface area (TPSA) is 17.1 Å². The van der Waals surface area contributed by atoms with Crippen LogP contribution in [0.25, 0.3) is 0 Å². The van der Waals surface area contributed by atoms with Crippen LogP contribution in [0.2, 0.25) is 0 Å². The summed E-state index contributed by atoms with van der Waals surface area (Å²) in [5.74, 6) is -0.439. The first-order valence-corrected chi connectivity index (χ1v) is 5.58. The first kappa shape index (κ1) is 11.5. The second kappa shape index (κ2) is 5.39. The van der Waals surface area contributed by atoms with Gasteiger partial charge in [0.1, 0.15) is 5.82 Å². The molecule has 0 saturated carbocycles. The van der Waals surface area contributed by atoms with Crippen LogP contribution in [-0.4, -0.2) is 6.29 Å². The molecule has 0 bridgehead atoms. The zero-order valence-electron chi connectivity index (χ0n) is 9.40. The SMILES string of the molecule is O=Cc1c(F)cccc1CCc1ccccc1. The van der Waals surface area contributed by atoms with Gasteiger partial charge < -0.3 is 0 Å². The number of halogens is 1. The summed E-state index contributed by atoms with van der Waals surface area (Å²) in [5, 5.41) is 0. The van der Waals surface area contributed by atoms with Gasteiger partial charge in [-0.15, -0.1) is 0 Å². The van der Waals surface area contributed by atoms with Gasteiger partial charge in [-0.3, -0.25) is 4.79 Å². The average molecular weight is 228 g/mol. The fraction of sp³-hybridized carbons (Fsp3) is 0.133. The predicted molar refractivity (Wildman–Crippen MR) is 65.6 cm³/mol. The smallest absolute Gasteiger partial charge is 0.153 e. The van der Waals surface area contributed by atoms with Gasteiger partial charge >= 0.3 is 0 Å². The fourth-order valence-electron chi connectivity index (χ4n) is 1.86. The second-order valence-electron chi connectivity index (χ2n) is 3.92. The summed E-state index contributed by atoms with van der Waals surface area (Å²) < 4.78 is 13.3. The van der Waals surface area contributed by atoms with Crippen LogP contribution in [0.3, 0.4) is 0 Å². The van der Waals surface area contributed by atoms with Crippen LogP contribution in [0.5, 0.6) is 0 Å². The Morgan fingerprint density at radius 2 is 1.71 bits per heavy atom. The molecule has 1 nitrogen and oxygen atoms in total. The number of aryl methyl sites for hydroxylation is 2. The quantitative estimate of drug-likeness (QED) is 0.733. The van der Waals surface area contributed by atoms with Gasteiger partial charge in [-0.25, -0.2) is 4.39 Å². The van der Waals surface area contributed by atoms with Gasteiger partial charge in [0.05, 0.1) is 5.56 Å². The molecule has 0 saturated heterocycles. The summed E-state index contributed by atoms with van der Waals surface area (Å²) >= 11 is 0. The highest BCUT2D eigenvalue weighted by Crippen LogP contribution is 2.14. The Balaban J connectivity index is 2.14. The minimum atomic E-state index is -0.439. The van der Waals surface area contributed by atoms with Gasteiger partial charge in [-0.05, 0) is 30.0 Å². The van der Waals surface area contributed by atoms with E-state index < -0.39 is 5.82 Å². The van der Waals surface area contributed by atoms with Crippen molar-refractivity contribution in [1.82, 2.24) is 0 Å². The van der Waals surface area contributed by atoms with Gasteiger partial charge in [-0.2, -0.15) is 0 Å². The van der Waals surface area contributed by atoms with Gasteiger partial charge in [0.15, 0.2) is 6.29 Å². The highest BCUT2D eigenvalue weighted by atomic mass is 19.1. The standard InChI is InChI=1S/C15H13FO/c16-15-8-4-7-13(14(15)11-17)10-9-12-5-2-1-3-6-12/h1-8,11H,9-10H2. The maximum Gasteiger partial charge on any atom is 0.153 e. The van der Waals surface area contributed by atoms with E-state index in [9.17, 15) is 9.18 Å². The van der Waals surface area contributed by atoms with Crippen LogP contribution in [0.1, 0.15) is 21.5 Å². The van der Waals surface area contributed by atoms with Crippen LogP contribution in [0.4, 0.5) is 4.39 Å². The van der Waals surface area contributed by atoms with Crippen LogP contribution in [0.15, 0.2) is 48.5 Å². The third kappa shape index (κ3) is 2.78. The van der Waals surface area contributed by atoms with Crippen LogP contribution >= 0.6 is 0 Å². The number of carbonyl (C=O) groups is 1. The van der Waals surface area contributed by atoms with Gasteiger partial charge in [0, 0.05) is 0 Å². The maximum atomic E-state index is 13.3. The van der Waals surface area contributed by atoms with E-state index in [1.165, 1.54) is 11.6 Å². The van der Waals surface area contributed by atoms with Crippen molar-refractivity contribution in [3.05, 3.63) is 71.0 Å². The summed E-state index contributed by atoms with van der Waals surface area (Å²) in [4.78, 5) is 10.8. The number of hydrogen-bond donors (Lipinski definition) is 0. The lowest BCUT2D eigenvalue weighted by molar-refractivity contribution is 0.111. The summed E-state index contributed by atoms with van der Waals surface area (Å²) in [5.41, 5.74) is 2.14. The number of benzene rings is 2. The first-order valence-electron chi connectivity index (χ1n) is 5.58. The molecule has 86 valence electrons. The third-order valence-electron chi connectivity index (χ3n) is 2.79. The molecule has 0 unspecified atom stereocenters. The Kier molecular flexibility index (Phi) is 3.66. The van der Waals surface area contributed by atoms with Crippen LogP contribution in [-0.2, 0) is 12.8 Å². The summed E-state index contributed by atoms with van der Waals surface area (Å²) in [6.45, 7) is 0. The number of carbonyl (C=O) groups excluding carboxylic acids is 1. The maximum absolute atomic E-state index is 13.3. The van der Waals surface area contributed by atoms with E-state index in [1.807, 2.05) is 30.3 Å². The second-order valence-corrected chi connectivity index (χ2v) is 3.92. The average Bonchev–Trinajstić information content (AvgIpc) is 2.37. The molecule has 0 aliphatic carbocycles. The fourth-order valence-corrected chi connectivity index (χ4v) is 1.86. The largest absolute Gasteiger partial charge is 0.298 e. The molecule has 0 amide bonds. The number of hydrogen-bond acceptors (Lipinski definition) is 1. The van der Waals surface area contributed by atoms with Crippen LogP contribution in [0, 0.1) is 5.82 Å². The lowest BCUT2D eigenvalue weighted by atomic mass is 10.00. The molecular formula is C15H13FO. The van der Waals surface area contributed by atoms with Crippen molar-refractivity contribution in [2.75, 3.05) is 0 Å². The van der Waals surface area contributed by atoms with E-state index in [4.69, 9.17) is 0 Å². The van der Waals surface area contributed by atoms with E-state index in [-0.39, 0.29) is 5.56 Å². The third-order valence-corrected chi connectivity index (χ3v) is 2.79. The van der Waals surface area contributed by atoms with Crippen molar-refractivity contribution >= 4 is 6.29 Å². The highest BCUT2D eigenvalue weighted by molar-refractivity contribution is 5.77. The number of rotatable bonds is 4. The molecule has 2 aromatic carbocycles. The summed E-state index contributed by atoms with van der Waals surface area (Å²) in [7, 11) is 0. The Morgan fingerprint density at radius 1 is 0.941 bits per heavy atom. The zero-order valence-corrected chi connectivity index (χ0v) is 9.40. The molecule has 2 aromatic rings. The van der Waals surface area contributed by atoms with Crippen molar-refractivity contribution < 1.29 is 9.18 Å². The molecule has 0 heterocycles. The Bertz CT molecular complexity index is 506. The normalized spacial score (nSPS) is 10.2. The lowest BCUT2D eigenvalue weighted by Gasteiger charge is -2.05. The predicted octanol–water partition coefficient (Wildman–Crippen LogP) is 3.42. The summed E-state index contributed by atoms with van der Waals surface area (Å²) in [6, 6.07) is 14.7. The highest BCUT2D eigenvalue weighted by Gasteiger charge is 2.06. The first-order chi connectivity index (χ1) is 8.31. The molecule has 0 aromatic heterocycles. The lowest BCUT2D eigenvalue weighted by Crippen LogP contribution is -1.99. The molecule has 0 spiro atoms. The Morgan fingerprint density at radius 3 is 2.41 bits per heavy atom. The van der Waals surface area contributed by atoms with Gasteiger partial charge in [0.25, 0.3) is 0 Å². The monoisotopic (exact) mass is 228 g/mol. The van der Waals surface area contributed by atoms with E-state index >= 15 is 0 Å². The molecule has 0 aliphatic rings. The van der Waals surface area contributed by atoms with E-state index in [0.29, 0.717) is 12.7 Å². The molecule has 0 fully saturated rings. The van der Waals surface area contributed by atoms with Crippen molar-refractivity contribution in [2.45, 2.75) is 12.8 Å². The number of aldehydes is 1. The van der Waals surface area contributed by atoms with Gasteiger partial charge in [0.2, 0.25) is 0 Å². The van der Waals surface area contributed by atoms with Crippen molar-refractivity contribution in [3.8, 4) is 0 Å². The zero-order chi connectivity index (χ0) is 12.1. The van der Waals surface area contributed by atoms with Crippen molar-refractivity contribution in [2.24, 2.45) is 0 Å². The Labute approximate surface area is 99.9 Å². The van der Waals surface area contributed by atoms with Crippen molar-refractivity contribution in [3.63, 3.8) is 0 Å². The van der Waals surface area contributed by atoms with Gasteiger partial charge in [-0.1, -0.05) is 42.5 Å². The molecule has 2 rings (SSSR count). The summed E-state index contributed by atoms with van der Waals surface area (Å²) in [6.07, 6.45) is 2.08. The molecular weight excluding hydrogens is 215 g/mol. The molecule has 17 heavy (non-hydrogen) atoms. The minimum absolute atomic E-state index is 0.184. The minimum Gasteiger partial charge on any atom is -0.298 e. The molecule has 0 aliphatic heterocycles. The molecule has 0 radical (unpaired) electrons. The van der Waals surface area contributed by atoms with Crippen LogP contribution < -0.4 is 0 Å². The van der Waals surface area contributed by atoms with E-state index in [0.717, 1.165) is 12.0 Å². The molecule has 0 atom stereocenters.